The number of amides is 2. The topological polar surface area (TPSA) is 88.6 Å². The summed E-state index contributed by atoms with van der Waals surface area (Å²) >= 11 is 0. The molecule has 0 aliphatic carbocycles. The Bertz CT molecular complexity index is 1500. The standard InChI is InChI=1S/C30H29N5O3/c1-31-30(36)35-17-7-6-8-23(35)14-11-21-12-15-26-25(18-21)29(33-20-32-26)34-22-13-16-27(28(19-22)37-2)38-24-9-4-3-5-10-24/h3-5,9-10,12-13,15-16,18-20,23H,6-8,17H2,1-2H3,(H,31,36)(H,32,33,34)/t23-/m0/s1. The summed E-state index contributed by atoms with van der Waals surface area (Å²) < 4.78 is 11.6. The van der Waals surface area contributed by atoms with E-state index in [1.165, 1.54) is 6.33 Å². The fraction of sp³-hybridized carbons (Fsp3) is 0.233. The zero-order valence-corrected chi connectivity index (χ0v) is 21.4. The van der Waals surface area contributed by atoms with Crippen LogP contribution in [0.3, 0.4) is 0 Å². The first-order valence-corrected chi connectivity index (χ1v) is 12.6. The molecule has 1 saturated heterocycles. The number of hydrogen-bond acceptors (Lipinski definition) is 6. The number of fused-ring (bicyclic) bond motifs is 1. The highest BCUT2D eigenvalue weighted by molar-refractivity contribution is 5.91. The van der Waals surface area contributed by atoms with E-state index in [0.29, 0.717) is 17.3 Å². The van der Waals surface area contributed by atoms with E-state index in [0.717, 1.165) is 53.7 Å². The van der Waals surface area contributed by atoms with Crippen LogP contribution in [0.5, 0.6) is 17.2 Å². The predicted molar refractivity (Wildman–Crippen MR) is 148 cm³/mol. The van der Waals surface area contributed by atoms with Crippen LogP contribution in [0.15, 0.2) is 73.1 Å². The van der Waals surface area contributed by atoms with Crippen LogP contribution >= 0.6 is 0 Å². The van der Waals surface area contributed by atoms with Gasteiger partial charge in [-0.3, -0.25) is 0 Å². The number of para-hydroxylation sites is 1. The van der Waals surface area contributed by atoms with E-state index in [4.69, 9.17) is 9.47 Å². The van der Waals surface area contributed by atoms with Crippen molar-refractivity contribution in [2.45, 2.75) is 25.3 Å². The van der Waals surface area contributed by atoms with Crippen LogP contribution in [0.2, 0.25) is 0 Å². The lowest BCUT2D eigenvalue weighted by Crippen LogP contribution is -2.47. The number of anilines is 2. The van der Waals surface area contributed by atoms with E-state index in [1.54, 1.807) is 14.2 Å². The van der Waals surface area contributed by atoms with Crippen LogP contribution in [0.4, 0.5) is 16.3 Å². The lowest BCUT2D eigenvalue weighted by molar-refractivity contribution is 0.172. The number of hydrogen-bond donors (Lipinski definition) is 2. The molecule has 0 saturated carbocycles. The highest BCUT2D eigenvalue weighted by Gasteiger charge is 2.24. The molecular formula is C30H29N5O3. The molecule has 1 fully saturated rings. The molecule has 8 nitrogen and oxygen atoms in total. The van der Waals surface area contributed by atoms with Gasteiger partial charge in [0.1, 0.15) is 17.9 Å². The lowest BCUT2D eigenvalue weighted by atomic mass is 10.0. The molecule has 2 amide bonds. The molecule has 1 atom stereocenters. The van der Waals surface area contributed by atoms with Gasteiger partial charge in [0.15, 0.2) is 11.5 Å². The van der Waals surface area contributed by atoms with Crippen LogP contribution in [-0.4, -0.2) is 47.6 Å². The Labute approximate surface area is 222 Å². The van der Waals surface area contributed by atoms with Crippen LogP contribution < -0.4 is 20.1 Å². The summed E-state index contributed by atoms with van der Waals surface area (Å²) in [7, 11) is 3.26. The van der Waals surface area contributed by atoms with Gasteiger partial charge in [-0.05, 0) is 61.7 Å². The summed E-state index contributed by atoms with van der Waals surface area (Å²) in [6.45, 7) is 0.720. The first kappa shape index (κ1) is 24.9. The first-order valence-electron chi connectivity index (χ1n) is 12.6. The lowest BCUT2D eigenvalue weighted by Gasteiger charge is -2.32. The molecule has 4 aromatic rings. The number of nitrogens with one attached hydrogen (secondary N) is 2. The highest BCUT2D eigenvalue weighted by atomic mass is 16.5. The maximum atomic E-state index is 12.2. The normalized spacial score (nSPS) is 14.8. The smallest absolute Gasteiger partial charge is 0.318 e. The van der Waals surface area contributed by atoms with Crippen molar-refractivity contribution >= 4 is 28.4 Å². The monoisotopic (exact) mass is 507 g/mol. The third-order valence-electron chi connectivity index (χ3n) is 6.39. The van der Waals surface area contributed by atoms with Crippen LogP contribution in [-0.2, 0) is 0 Å². The minimum Gasteiger partial charge on any atom is -0.493 e. The third kappa shape index (κ3) is 5.62. The zero-order chi connectivity index (χ0) is 26.3. The Morgan fingerprint density at radius 1 is 1.03 bits per heavy atom. The first-order chi connectivity index (χ1) is 18.6. The van der Waals surface area contributed by atoms with Gasteiger partial charge in [-0.25, -0.2) is 14.8 Å². The Morgan fingerprint density at radius 3 is 2.71 bits per heavy atom. The number of carbonyl (C=O) groups excluding carboxylic acids is 1. The molecule has 2 N–H and O–H groups in total. The number of aromatic nitrogens is 2. The number of piperidine rings is 1. The largest absolute Gasteiger partial charge is 0.493 e. The number of rotatable bonds is 5. The van der Waals surface area contributed by atoms with Gasteiger partial charge in [0.25, 0.3) is 0 Å². The van der Waals surface area contributed by atoms with Gasteiger partial charge in [-0.1, -0.05) is 30.0 Å². The molecule has 1 aliphatic heterocycles. The quantitative estimate of drug-likeness (QED) is 0.336. The number of nitrogens with zero attached hydrogens (tertiary/aromatic N) is 3. The molecule has 38 heavy (non-hydrogen) atoms. The fourth-order valence-corrected chi connectivity index (χ4v) is 4.45. The minimum atomic E-state index is -0.104. The summed E-state index contributed by atoms with van der Waals surface area (Å²) in [5, 5.41) is 6.94. The Balaban J connectivity index is 1.40. The van der Waals surface area contributed by atoms with E-state index in [9.17, 15) is 4.79 Å². The van der Waals surface area contributed by atoms with Crippen LogP contribution in [0.25, 0.3) is 10.9 Å². The molecule has 2 heterocycles. The predicted octanol–water partition coefficient (Wildman–Crippen LogP) is 5.72. The van der Waals surface area contributed by atoms with Gasteiger partial charge in [-0.2, -0.15) is 0 Å². The van der Waals surface area contributed by atoms with Crippen LogP contribution in [0.1, 0.15) is 24.8 Å². The molecule has 1 aromatic heterocycles. The average molecular weight is 508 g/mol. The van der Waals surface area contributed by atoms with Crippen molar-refractivity contribution in [2.24, 2.45) is 0 Å². The maximum absolute atomic E-state index is 12.2. The number of urea groups is 1. The molecular weight excluding hydrogens is 478 g/mol. The van der Waals surface area contributed by atoms with Gasteiger partial charge in [-0.15, -0.1) is 0 Å². The van der Waals surface area contributed by atoms with E-state index < -0.39 is 0 Å². The maximum Gasteiger partial charge on any atom is 0.318 e. The molecule has 8 heteroatoms. The summed E-state index contributed by atoms with van der Waals surface area (Å²) in [5.74, 6) is 9.16. The Morgan fingerprint density at radius 2 is 1.89 bits per heavy atom. The fourth-order valence-electron chi connectivity index (χ4n) is 4.45. The number of methoxy groups -OCH3 is 1. The highest BCUT2D eigenvalue weighted by Crippen LogP contribution is 2.35. The number of carbonyl (C=O) groups is 1. The Kier molecular flexibility index (Phi) is 7.55. The molecule has 0 unspecified atom stereocenters. The van der Waals surface area contributed by atoms with Gasteiger partial charge in [0.05, 0.1) is 18.7 Å². The third-order valence-corrected chi connectivity index (χ3v) is 6.39. The molecule has 1 aliphatic rings. The summed E-state index contributed by atoms with van der Waals surface area (Å²) in [5.41, 5.74) is 2.43. The zero-order valence-electron chi connectivity index (χ0n) is 21.4. The molecule has 0 spiro atoms. The van der Waals surface area contributed by atoms with Crippen molar-refractivity contribution in [1.29, 1.82) is 0 Å². The van der Waals surface area contributed by atoms with E-state index >= 15 is 0 Å². The molecule has 3 aromatic carbocycles. The summed E-state index contributed by atoms with van der Waals surface area (Å²) in [6.07, 6.45) is 4.46. The van der Waals surface area contributed by atoms with Crippen molar-refractivity contribution in [3.63, 3.8) is 0 Å². The number of ether oxygens (including phenoxy) is 2. The van der Waals surface area contributed by atoms with Crippen molar-refractivity contribution in [3.05, 3.63) is 78.6 Å². The van der Waals surface area contributed by atoms with Gasteiger partial charge in [0.2, 0.25) is 0 Å². The van der Waals surface area contributed by atoms with E-state index in [1.807, 2.05) is 71.6 Å². The van der Waals surface area contributed by atoms with Crippen molar-refractivity contribution in [2.75, 3.05) is 26.0 Å². The van der Waals surface area contributed by atoms with Gasteiger partial charge >= 0.3 is 6.03 Å². The van der Waals surface area contributed by atoms with E-state index in [-0.39, 0.29) is 12.1 Å². The SMILES string of the molecule is CNC(=O)N1CCCC[C@H]1C#Cc1ccc2ncnc(Nc3ccc(Oc4ccccc4)c(OC)c3)c2c1. The van der Waals surface area contributed by atoms with Crippen molar-refractivity contribution < 1.29 is 14.3 Å². The molecule has 0 bridgehead atoms. The second kappa shape index (κ2) is 11.5. The van der Waals surface area contributed by atoms with Crippen molar-refractivity contribution in [1.82, 2.24) is 20.2 Å². The summed E-state index contributed by atoms with van der Waals surface area (Å²) in [4.78, 5) is 22.9. The van der Waals surface area contributed by atoms with Crippen LogP contribution in [0, 0.1) is 11.8 Å². The second-order valence-corrected chi connectivity index (χ2v) is 8.89. The Hall–Kier alpha value is -4.77. The molecule has 192 valence electrons. The molecule has 5 rings (SSSR count). The molecule has 0 radical (unpaired) electrons. The second-order valence-electron chi connectivity index (χ2n) is 8.89. The number of benzene rings is 3. The van der Waals surface area contributed by atoms with Gasteiger partial charge < -0.3 is 25.0 Å². The van der Waals surface area contributed by atoms with Gasteiger partial charge in [0, 0.05) is 36.3 Å². The van der Waals surface area contributed by atoms with Crippen molar-refractivity contribution in [3.8, 4) is 29.1 Å². The summed E-state index contributed by atoms with van der Waals surface area (Å²) in [6, 6.07) is 20.9. The van der Waals surface area contributed by atoms with E-state index in [2.05, 4.69) is 32.4 Å². The minimum absolute atomic E-state index is 0.0852. The average Bonchev–Trinajstić information content (AvgIpc) is 2.97. The number of likely N-dealkylation sites (tertiary alicyclic amines) is 1.